The lowest BCUT2D eigenvalue weighted by Gasteiger charge is -2.27. The highest BCUT2D eigenvalue weighted by Gasteiger charge is 2.23. The van der Waals surface area contributed by atoms with Gasteiger partial charge in [-0.05, 0) is 30.7 Å². The third-order valence-corrected chi connectivity index (χ3v) is 4.10. The van der Waals surface area contributed by atoms with Gasteiger partial charge in [-0.25, -0.2) is 4.99 Å². The molecule has 0 saturated heterocycles. The minimum absolute atomic E-state index is 0. The number of aromatic nitrogens is 1. The summed E-state index contributed by atoms with van der Waals surface area (Å²) in [4.78, 5) is 8.90. The third kappa shape index (κ3) is 6.82. The van der Waals surface area contributed by atoms with Gasteiger partial charge in [0.1, 0.15) is 0 Å². The Morgan fingerprint density at radius 1 is 1.12 bits per heavy atom. The number of halogens is 2. The Balaban J connectivity index is 0.00000312. The molecule has 6 heteroatoms. The minimum atomic E-state index is -0.112. The van der Waals surface area contributed by atoms with Crippen LogP contribution in [0.4, 0.5) is 0 Å². The van der Waals surface area contributed by atoms with E-state index < -0.39 is 0 Å². The summed E-state index contributed by atoms with van der Waals surface area (Å²) in [6.07, 6.45) is 1.78. The van der Waals surface area contributed by atoms with Crippen molar-refractivity contribution in [3.05, 3.63) is 64.9 Å². The summed E-state index contributed by atoms with van der Waals surface area (Å²) in [6, 6.07) is 13.8. The lowest BCUT2D eigenvalue weighted by atomic mass is 9.84. The number of nitrogens with one attached hydrogen (secondary N) is 2. The molecule has 0 aliphatic heterocycles. The lowest BCUT2D eigenvalue weighted by molar-refractivity contribution is 0.509. The number of rotatable bonds is 6. The standard InChI is InChI=1S/C19H25ClN4.HI/c1-4-21-18(23-13-15-9-7-8-12-22-15)24-14-19(2,3)16-10-5-6-11-17(16)20;/h5-12H,4,13-14H2,1-3H3,(H2,21,23,24);1H. The van der Waals surface area contributed by atoms with E-state index in [1.807, 2.05) is 36.4 Å². The van der Waals surface area contributed by atoms with Gasteiger partial charge in [0.15, 0.2) is 5.96 Å². The van der Waals surface area contributed by atoms with E-state index in [2.05, 4.69) is 47.4 Å². The summed E-state index contributed by atoms with van der Waals surface area (Å²) < 4.78 is 0. The Kier molecular flexibility index (Phi) is 9.21. The smallest absolute Gasteiger partial charge is 0.191 e. The Hall–Kier alpha value is -1.34. The van der Waals surface area contributed by atoms with E-state index >= 15 is 0 Å². The third-order valence-electron chi connectivity index (χ3n) is 3.77. The first-order valence-corrected chi connectivity index (χ1v) is 8.58. The fourth-order valence-electron chi connectivity index (χ4n) is 2.40. The molecule has 136 valence electrons. The van der Waals surface area contributed by atoms with E-state index in [4.69, 9.17) is 11.6 Å². The van der Waals surface area contributed by atoms with Crippen molar-refractivity contribution < 1.29 is 0 Å². The SMILES string of the molecule is CCNC(=NCc1ccccn1)NCC(C)(C)c1ccccc1Cl.I. The maximum Gasteiger partial charge on any atom is 0.191 e. The molecule has 0 radical (unpaired) electrons. The van der Waals surface area contributed by atoms with Gasteiger partial charge in [0.25, 0.3) is 0 Å². The number of aliphatic imine (C=N–C) groups is 1. The number of hydrogen-bond acceptors (Lipinski definition) is 2. The maximum absolute atomic E-state index is 6.34. The molecular weight excluding hydrogens is 447 g/mol. The fraction of sp³-hybridized carbons (Fsp3) is 0.368. The molecule has 4 nitrogen and oxygen atoms in total. The molecule has 0 unspecified atom stereocenters. The van der Waals surface area contributed by atoms with Crippen molar-refractivity contribution in [3.8, 4) is 0 Å². The van der Waals surface area contributed by atoms with Gasteiger partial charge < -0.3 is 10.6 Å². The normalized spacial score (nSPS) is 11.6. The molecule has 2 aromatic rings. The number of pyridine rings is 1. The van der Waals surface area contributed by atoms with E-state index in [-0.39, 0.29) is 29.4 Å². The molecule has 0 aliphatic carbocycles. The first-order chi connectivity index (χ1) is 11.5. The number of benzene rings is 1. The van der Waals surface area contributed by atoms with Gasteiger partial charge >= 0.3 is 0 Å². The van der Waals surface area contributed by atoms with Crippen LogP contribution in [0.5, 0.6) is 0 Å². The molecule has 0 fully saturated rings. The van der Waals surface area contributed by atoms with Gasteiger partial charge in [0.2, 0.25) is 0 Å². The van der Waals surface area contributed by atoms with Crippen molar-refractivity contribution in [2.45, 2.75) is 32.7 Å². The first-order valence-electron chi connectivity index (χ1n) is 8.20. The van der Waals surface area contributed by atoms with Crippen LogP contribution < -0.4 is 10.6 Å². The summed E-state index contributed by atoms with van der Waals surface area (Å²) in [7, 11) is 0. The average molecular weight is 473 g/mol. The number of hydrogen-bond donors (Lipinski definition) is 2. The quantitative estimate of drug-likeness (QED) is 0.372. The molecule has 1 aromatic heterocycles. The van der Waals surface area contributed by atoms with Crippen molar-refractivity contribution in [3.63, 3.8) is 0 Å². The van der Waals surface area contributed by atoms with Crippen LogP contribution in [0.1, 0.15) is 32.0 Å². The molecule has 0 amide bonds. The van der Waals surface area contributed by atoms with Gasteiger partial charge in [-0.1, -0.05) is 49.7 Å². The van der Waals surface area contributed by atoms with E-state index in [1.54, 1.807) is 6.20 Å². The summed E-state index contributed by atoms with van der Waals surface area (Å²) in [5.41, 5.74) is 1.96. The van der Waals surface area contributed by atoms with Crippen molar-refractivity contribution in [1.82, 2.24) is 15.6 Å². The van der Waals surface area contributed by atoms with Crippen LogP contribution in [0.15, 0.2) is 53.7 Å². The van der Waals surface area contributed by atoms with E-state index in [0.717, 1.165) is 35.3 Å². The molecule has 1 heterocycles. The monoisotopic (exact) mass is 472 g/mol. The average Bonchev–Trinajstić information content (AvgIpc) is 2.58. The van der Waals surface area contributed by atoms with Crippen LogP contribution in [0.2, 0.25) is 5.02 Å². The van der Waals surface area contributed by atoms with Gasteiger partial charge in [0, 0.05) is 29.7 Å². The highest BCUT2D eigenvalue weighted by atomic mass is 127. The summed E-state index contributed by atoms with van der Waals surface area (Å²) in [5.74, 6) is 0.781. The molecule has 0 atom stereocenters. The second kappa shape index (κ2) is 10.6. The Labute approximate surface area is 172 Å². The molecule has 0 spiro atoms. The van der Waals surface area contributed by atoms with Crippen LogP contribution in [0, 0.1) is 0 Å². The van der Waals surface area contributed by atoms with Crippen LogP contribution in [-0.2, 0) is 12.0 Å². The van der Waals surface area contributed by atoms with Crippen molar-refractivity contribution in [1.29, 1.82) is 0 Å². The minimum Gasteiger partial charge on any atom is -0.357 e. The fourth-order valence-corrected chi connectivity index (χ4v) is 2.79. The van der Waals surface area contributed by atoms with Crippen LogP contribution in [0.3, 0.4) is 0 Å². The molecule has 25 heavy (non-hydrogen) atoms. The Morgan fingerprint density at radius 3 is 2.48 bits per heavy atom. The zero-order chi connectivity index (χ0) is 17.4. The van der Waals surface area contributed by atoms with E-state index in [1.165, 1.54) is 0 Å². The zero-order valence-electron chi connectivity index (χ0n) is 14.9. The van der Waals surface area contributed by atoms with E-state index in [0.29, 0.717) is 6.54 Å². The number of guanidine groups is 1. The topological polar surface area (TPSA) is 49.3 Å². The van der Waals surface area contributed by atoms with Crippen LogP contribution in [-0.4, -0.2) is 24.0 Å². The van der Waals surface area contributed by atoms with Crippen molar-refractivity contribution in [2.75, 3.05) is 13.1 Å². The van der Waals surface area contributed by atoms with Crippen molar-refractivity contribution >= 4 is 41.5 Å². The lowest BCUT2D eigenvalue weighted by Crippen LogP contribution is -2.43. The van der Waals surface area contributed by atoms with Crippen molar-refractivity contribution in [2.24, 2.45) is 4.99 Å². The van der Waals surface area contributed by atoms with Crippen LogP contribution in [0.25, 0.3) is 0 Å². The van der Waals surface area contributed by atoms with E-state index in [9.17, 15) is 0 Å². The van der Waals surface area contributed by atoms with Crippen LogP contribution >= 0.6 is 35.6 Å². The van der Waals surface area contributed by atoms with Gasteiger partial charge in [-0.2, -0.15) is 0 Å². The second-order valence-electron chi connectivity index (χ2n) is 6.23. The first kappa shape index (κ1) is 21.7. The Morgan fingerprint density at radius 2 is 1.84 bits per heavy atom. The zero-order valence-corrected chi connectivity index (χ0v) is 18.0. The summed E-state index contributed by atoms with van der Waals surface area (Å²) in [6.45, 7) is 8.47. The molecule has 2 rings (SSSR count). The highest BCUT2D eigenvalue weighted by molar-refractivity contribution is 14.0. The molecule has 2 N–H and O–H groups in total. The Bertz CT molecular complexity index is 674. The molecule has 0 aliphatic rings. The van der Waals surface area contributed by atoms with Gasteiger partial charge in [-0.15, -0.1) is 24.0 Å². The second-order valence-corrected chi connectivity index (χ2v) is 6.64. The maximum atomic E-state index is 6.34. The predicted octanol–water partition coefficient (Wildman–Crippen LogP) is 4.39. The predicted molar refractivity (Wildman–Crippen MR) is 117 cm³/mol. The van der Waals surface area contributed by atoms with Gasteiger partial charge in [0.05, 0.1) is 12.2 Å². The largest absolute Gasteiger partial charge is 0.357 e. The molecule has 0 bridgehead atoms. The molecule has 1 aromatic carbocycles. The van der Waals surface area contributed by atoms with Gasteiger partial charge in [-0.3, -0.25) is 4.98 Å². The number of nitrogens with zero attached hydrogens (tertiary/aromatic N) is 2. The molecular formula is C19H26ClIN4. The summed E-state index contributed by atoms with van der Waals surface area (Å²) >= 11 is 6.34. The summed E-state index contributed by atoms with van der Waals surface area (Å²) in [5, 5.41) is 7.47. The highest BCUT2D eigenvalue weighted by Crippen LogP contribution is 2.28. The molecule has 0 saturated carbocycles.